The Morgan fingerprint density at radius 1 is 1.26 bits per heavy atom. The van der Waals surface area contributed by atoms with Gasteiger partial charge < -0.3 is 5.32 Å². The van der Waals surface area contributed by atoms with Crippen molar-refractivity contribution in [3.05, 3.63) is 34.9 Å². The van der Waals surface area contributed by atoms with Gasteiger partial charge in [0, 0.05) is 22.6 Å². The number of nitrogens with one attached hydrogen (secondary N) is 1. The number of benzene rings is 1. The first-order chi connectivity index (χ1) is 9.31. The van der Waals surface area contributed by atoms with Gasteiger partial charge in [0.05, 0.1) is 0 Å². The Balaban J connectivity index is 1.78. The lowest BCUT2D eigenvalue weighted by Crippen LogP contribution is -2.36. The third-order valence-electron chi connectivity index (χ3n) is 4.10. The van der Waals surface area contributed by atoms with Crippen LogP contribution in [0.3, 0.4) is 0 Å². The summed E-state index contributed by atoms with van der Waals surface area (Å²) in [7, 11) is 2.11. The van der Waals surface area contributed by atoms with Crippen molar-refractivity contribution in [3.63, 3.8) is 0 Å². The SMILES string of the molecule is CNC(CSCc1ccccc1Cl)C1CCCCC1. The van der Waals surface area contributed by atoms with Crippen LogP contribution in [0.25, 0.3) is 0 Å². The molecular formula is C16H24ClNS. The molecule has 1 unspecified atom stereocenters. The molecule has 106 valence electrons. The van der Waals surface area contributed by atoms with Gasteiger partial charge in [0.1, 0.15) is 0 Å². The summed E-state index contributed by atoms with van der Waals surface area (Å²) in [5, 5.41) is 4.42. The van der Waals surface area contributed by atoms with Crippen molar-refractivity contribution < 1.29 is 0 Å². The lowest BCUT2D eigenvalue weighted by atomic mass is 9.84. The van der Waals surface area contributed by atoms with Gasteiger partial charge in [-0.25, -0.2) is 0 Å². The summed E-state index contributed by atoms with van der Waals surface area (Å²) in [5.74, 6) is 3.08. The normalized spacial score (nSPS) is 18.4. The fraction of sp³-hybridized carbons (Fsp3) is 0.625. The van der Waals surface area contributed by atoms with Gasteiger partial charge in [-0.2, -0.15) is 11.8 Å². The second-order valence-corrected chi connectivity index (χ2v) is 6.84. The molecule has 0 heterocycles. The molecule has 1 aromatic rings. The van der Waals surface area contributed by atoms with E-state index >= 15 is 0 Å². The third kappa shape index (κ3) is 4.70. The van der Waals surface area contributed by atoms with E-state index in [2.05, 4.69) is 24.5 Å². The van der Waals surface area contributed by atoms with Crippen LogP contribution in [0.4, 0.5) is 0 Å². The lowest BCUT2D eigenvalue weighted by Gasteiger charge is -2.29. The largest absolute Gasteiger partial charge is 0.316 e. The molecule has 3 heteroatoms. The third-order valence-corrected chi connectivity index (χ3v) is 5.58. The van der Waals surface area contributed by atoms with Crippen LogP contribution in [0.15, 0.2) is 24.3 Å². The summed E-state index contributed by atoms with van der Waals surface area (Å²) in [5.41, 5.74) is 1.26. The zero-order valence-corrected chi connectivity index (χ0v) is 13.3. The highest BCUT2D eigenvalue weighted by Crippen LogP contribution is 2.29. The van der Waals surface area contributed by atoms with Crippen LogP contribution in [-0.4, -0.2) is 18.8 Å². The van der Waals surface area contributed by atoms with Gasteiger partial charge in [-0.3, -0.25) is 0 Å². The van der Waals surface area contributed by atoms with E-state index in [0.717, 1.165) is 16.7 Å². The van der Waals surface area contributed by atoms with E-state index in [0.29, 0.717) is 6.04 Å². The first-order valence-corrected chi connectivity index (χ1v) is 8.83. The number of rotatable bonds is 6. The molecule has 0 spiro atoms. The highest BCUT2D eigenvalue weighted by Gasteiger charge is 2.22. The van der Waals surface area contributed by atoms with Gasteiger partial charge in [0.2, 0.25) is 0 Å². The molecule has 0 aliphatic heterocycles. The molecule has 2 rings (SSSR count). The van der Waals surface area contributed by atoms with Gasteiger partial charge in [0.25, 0.3) is 0 Å². The van der Waals surface area contributed by atoms with Gasteiger partial charge >= 0.3 is 0 Å². The molecule has 0 radical (unpaired) electrons. The number of hydrogen-bond acceptors (Lipinski definition) is 2. The van der Waals surface area contributed by atoms with E-state index in [-0.39, 0.29) is 0 Å². The molecule has 0 aromatic heterocycles. The molecule has 0 saturated heterocycles. The minimum Gasteiger partial charge on any atom is -0.316 e. The van der Waals surface area contributed by atoms with Crippen LogP contribution in [0.1, 0.15) is 37.7 Å². The van der Waals surface area contributed by atoms with Crippen LogP contribution in [-0.2, 0) is 5.75 Å². The van der Waals surface area contributed by atoms with E-state index in [1.54, 1.807) is 0 Å². The zero-order chi connectivity index (χ0) is 13.5. The Morgan fingerprint density at radius 3 is 2.68 bits per heavy atom. The summed E-state index contributed by atoms with van der Waals surface area (Å²) in [6, 6.07) is 8.83. The summed E-state index contributed by atoms with van der Waals surface area (Å²) in [6.45, 7) is 0. The van der Waals surface area contributed by atoms with Crippen molar-refractivity contribution in [2.45, 2.75) is 43.9 Å². The van der Waals surface area contributed by atoms with Crippen LogP contribution in [0.2, 0.25) is 5.02 Å². The van der Waals surface area contributed by atoms with Gasteiger partial charge in [-0.15, -0.1) is 0 Å². The average Bonchev–Trinajstić information content (AvgIpc) is 2.46. The van der Waals surface area contributed by atoms with Gasteiger partial charge in [0.15, 0.2) is 0 Å². The van der Waals surface area contributed by atoms with Crippen LogP contribution in [0.5, 0.6) is 0 Å². The molecule has 1 aliphatic carbocycles. The second-order valence-electron chi connectivity index (χ2n) is 5.40. The van der Waals surface area contributed by atoms with Crippen molar-refractivity contribution in [2.24, 2.45) is 5.92 Å². The molecule has 1 nitrogen and oxygen atoms in total. The Bertz CT molecular complexity index is 377. The number of hydrogen-bond donors (Lipinski definition) is 1. The van der Waals surface area contributed by atoms with Crippen molar-refractivity contribution in [1.29, 1.82) is 0 Å². The molecule has 1 atom stereocenters. The molecule has 0 bridgehead atoms. The highest BCUT2D eigenvalue weighted by atomic mass is 35.5. The molecular weight excluding hydrogens is 274 g/mol. The molecule has 0 amide bonds. The maximum Gasteiger partial charge on any atom is 0.0446 e. The van der Waals surface area contributed by atoms with Crippen LogP contribution in [0, 0.1) is 5.92 Å². The predicted molar refractivity (Wildman–Crippen MR) is 87.0 cm³/mol. The quantitative estimate of drug-likeness (QED) is 0.814. The van der Waals surface area contributed by atoms with Gasteiger partial charge in [-0.05, 0) is 37.4 Å². The van der Waals surface area contributed by atoms with Crippen molar-refractivity contribution in [1.82, 2.24) is 5.32 Å². The lowest BCUT2D eigenvalue weighted by molar-refractivity contribution is 0.294. The maximum atomic E-state index is 6.19. The number of halogens is 1. The molecule has 1 aliphatic rings. The van der Waals surface area contributed by atoms with E-state index in [1.807, 2.05) is 23.9 Å². The van der Waals surface area contributed by atoms with Crippen molar-refractivity contribution in [3.8, 4) is 0 Å². The fourth-order valence-electron chi connectivity index (χ4n) is 2.90. The fourth-order valence-corrected chi connectivity index (χ4v) is 4.47. The smallest absolute Gasteiger partial charge is 0.0446 e. The zero-order valence-electron chi connectivity index (χ0n) is 11.7. The van der Waals surface area contributed by atoms with E-state index in [1.165, 1.54) is 43.4 Å². The Morgan fingerprint density at radius 2 is 2.00 bits per heavy atom. The molecule has 1 aromatic carbocycles. The monoisotopic (exact) mass is 297 g/mol. The topological polar surface area (TPSA) is 12.0 Å². The van der Waals surface area contributed by atoms with Crippen LogP contribution >= 0.6 is 23.4 Å². The summed E-state index contributed by atoms with van der Waals surface area (Å²) >= 11 is 8.19. The first-order valence-electron chi connectivity index (χ1n) is 7.29. The molecule has 1 saturated carbocycles. The highest BCUT2D eigenvalue weighted by molar-refractivity contribution is 7.98. The summed E-state index contributed by atoms with van der Waals surface area (Å²) < 4.78 is 0. The Hall–Kier alpha value is -0.180. The van der Waals surface area contributed by atoms with Crippen molar-refractivity contribution in [2.75, 3.05) is 12.8 Å². The van der Waals surface area contributed by atoms with Crippen LogP contribution < -0.4 is 5.32 Å². The predicted octanol–water partition coefficient (Wildman–Crippen LogP) is 4.74. The molecule has 1 N–H and O–H groups in total. The van der Waals surface area contributed by atoms with Crippen molar-refractivity contribution >= 4 is 23.4 Å². The first kappa shape index (κ1) is 15.2. The minimum absolute atomic E-state index is 0.660. The van der Waals surface area contributed by atoms with E-state index in [4.69, 9.17) is 11.6 Å². The standard InChI is InChI=1S/C16H24ClNS/c1-18-16(13-7-3-2-4-8-13)12-19-11-14-9-5-6-10-15(14)17/h5-6,9-10,13,16,18H,2-4,7-8,11-12H2,1H3. The maximum absolute atomic E-state index is 6.19. The van der Waals surface area contributed by atoms with Gasteiger partial charge in [-0.1, -0.05) is 49.1 Å². The second kappa shape index (κ2) is 8.18. The van der Waals surface area contributed by atoms with E-state index in [9.17, 15) is 0 Å². The molecule has 19 heavy (non-hydrogen) atoms. The summed E-state index contributed by atoms with van der Waals surface area (Å²) in [6.07, 6.45) is 7.06. The number of thioether (sulfide) groups is 1. The minimum atomic E-state index is 0.660. The van der Waals surface area contributed by atoms with E-state index < -0.39 is 0 Å². The average molecular weight is 298 g/mol. The summed E-state index contributed by atoms with van der Waals surface area (Å²) in [4.78, 5) is 0. The Labute approximate surface area is 126 Å². The Kier molecular flexibility index (Phi) is 6.55. The molecule has 1 fully saturated rings.